The number of phenols is 2. The first kappa shape index (κ1) is 21.4. The van der Waals surface area contributed by atoms with E-state index >= 15 is 0 Å². The largest absolute Gasteiger partial charge is 0.504 e. The van der Waals surface area contributed by atoms with Crippen LogP contribution < -0.4 is 9.47 Å². The Morgan fingerprint density at radius 3 is 1.90 bits per heavy atom. The van der Waals surface area contributed by atoms with E-state index in [-0.39, 0.29) is 40.0 Å². The molecule has 0 aliphatic carbocycles. The smallest absolute Gasteiger partial charge is 0.184 e. The van der Waals surface area contributed by atoms with Crippen molar-refractivity contribution in [2.75, 3.05) is 14.2 Å². The number of benzene rings is 2. The van der Waals surface area contributed by atoms with E-state index in [1.165, 1.54) is 26.4 Å². The van der Waals surface area contributed by atoms with Crippen LogP contribution in [0.4, 0.5) is 0 Å². The Bertz CT molecular complexity index is 1170. The summed E-state index contributed by atoms with van der Waals surface area (Å²) < 4.78 is 14.4. The highest BCUT2D eigenvalue weighted by Crippen LogP contribution is 2.30. The lowest BCUT2D eigenvalue weighted by Crippen LogP contribution is -1.89. The zero-order valence-electron chi connectivity index (χ0n) is 16.5. The number of hydrogen-bond acceptors (Lipinski definition) is 9. The van der Waals surface area contributed by atoms with Crippen LogP contribution in [0.25, 0.3) is 23.3 Å². The van der Waals surface area contributed by atoms with Gasteiger partial charge in [-0.05, 0) is 59.1 Å². The highest BCUT2D eigenvalue weighted by atomic mass is 32.1. The van der Waals surface area contributed by atoms with Gasteiger partial charge in [-0.1, -0.05) is 12.1 Å². The molecule has 2 N–H and O–H groups in total. The van der Waals surface area contributed by atoms with Crippen LogP contribution in [-0.4, -0.2) is 33.8 Å². The fraction of sp³-hybridized carbons (Fsp3) is 0.0909. The fourth-order valence-electron chi connectivity index (χ4n) is 2.63. The molecular weight excluding hydrogens is 416 g/mol. The second-order valence-corrected chi connectivity index (χ2v) is 6.88. The van der Waals surface area contributed by atoms with Gasteiger partial charge in [-0.3, -0.25) is 0 Å². The number of methoxy groups -OCH3 is 2. The highest BCUT2D eigenvalue weighted by Gasteiger charge is 2.14. The molecule has 1 heterocycles. The molecule has 0 saturated heterocycles. The van der Waals surface area contributed by atoms with E-state index in [1.54, 1.807) is 36.4 Å². The second-order valence-electron chi connectivity index (χ2n) is 6.13. The van der Waals surface area contributed by atoms with Crippen molar-refractivity contribution in [3.05, 3.63) is 58.4 Å². The molecule has 3 aromatic rings. The standard InChI is InChI=1S/C22H16N4O4S/c1-29-19-9-13(3-5-17(19)27)7-15(11-23)21-25-22(31-26-21)16(12-24)8-14-4-6-18(28)20(10-14)30-2/h3-10,27-28H,1-2H3/b15-7+,16-8+. The molecule has 0 saturated carbocycles. The van der Waals surface area contributed by atoms with Crippen LogP contribution in [-0.2, 0) is 0 Å². The third-order valence-corrected chi connectivity index (χ3v) is 4.92. The molecule has 9 heteroatoms. The third kappa shape index (κ3) is 4.81. The summed E-state index contributed by atoms with van der Waals surface area (Å²) in [5.41, 5.74) is 1.70. The first-order valence-electron chi connectivity index (χ1n) is 8.81. The number of aromatic nitrogens is 2. The van der Waals surface area contributed by atoms with E-state index in [4.69, 9.17) is 9.47 Å². The van der Waals surface area contributed by atoms with Gasteiger partial charge in [0.05, 0.1) is 25.4 Å². The number of phenolic OH excluding ortho intramolecular Hbond substituents is 2. The predicted octanol–water partition coefficient (Wildman–Crippen LogP) is 4.09. The van der Waals surface area contributed by atoms with Crippen molar-refractivity contribution >= 4 is 34.8 Å². The molecule has 8 nitrogen and oxygen atoms in total. The average Bonchev–Trinajstić information content (AvgIpc) is 3.27. The lowest BCUT2D eigenvalue weighted by atomic mass is 10.1. The summed E-state index contributed by atoms with van der Waals surface area (Å²) in [6.45, 7) is 0. The first-order chi connectivity index (χ1) is 15.0. The molecular formula is C22H16N4O4S. The van der Waals surface area contributed by atoms with Gasteiger partial charge in [-0.2, -0.15) is 14.9 Å². The Morgan fingerprint density at radius 1 is 0.903 bits per heavy atom. The lowest BCUT2D eigenvalue weighted by molar-refractivity contribution is 0.373. The van der Waals surface area contributed by atoms with Crippen LogP contribution in [0.5, 0.6) is 23.0 Å². The van der Waals surface area contributed by atoms with Crippen LogP contribution in [0.3, 0.4) is 0 Å². The van der Waals surface area contributed by atoms with E-state index in [0.717, 1.165) is 11.5 Å². The molecule has 0 amide bonds. The Balaban J connectivity index is 1.95. The number of allylic oxidation sites excluding steroid dienone is 2. The Labute approximate surface area is 182 Å². The SMILES string of the molecule is COc1cc(/C=C(\C#N)c2nsc(/C(C#N)=C/c3ccc(O)c(OC)c3)n2)ccc1O. The maximum absolute atomic E-state index is 9.71. The van der Waals surface area contributed by atoms with Crippen molar-refractivity contribution in [2.45, 2.75) is 0 Å². The van der Waals surface area contributed by atoms with Crippen LogP contribution in [0.15, 0.2) is 36.4 Å². The van der Waals surface area contributed by atoms with Gasteiger partial charge >= 0.3 is 0 Å². The molecule has 0 spiro atoms. The number of aromatic hydroxyl groups is 2. The predicted molar refractivity (Wildman–Crippen MR) is 116 cm³/mol. The minimum Gasteiger partial charge on any atom is -0.504 e. The molecule has 0 atom stereocenters. The molecule has 0 bridgehead atoms. The van der Waals surface area contributed by atoms with Crippen LogP contribution in [0, 0.1) is 22.7 Å². The van der Waals surface area contributed by atoms with Crippen LogP contribution in [0.1, 0.15) is 22.0 Å². The molecule has 0 fully saturated rings. The Kier molecular flexibility index (Phi) is 6.51. The normalized spacial score (nSPS) is 11.5. The summed E-state index contributed by atoms with van der Waals surface area (Å²) in [6, 6.07) is 13.5. The number of hydrogen-bond donors (Lipinski definition) is 2. The lowest BCUT2D eigenvalue weighted by Gasteiger charge is -2.04. The third-order valence-electron chi connectivity index (χ3n) is 4.17. The van der Waals surface area contributed by atoms with E-state index < -0.39 is 0 Å². The number of ether oxygens (including phenoxy) is 2. The molecule has 0 aliphatic heterocycles. The number of nitrogens with zero attached hydrogens (tertiary/aromatic N) is 4. The van der Waals surface area contributed by atoms with Gasteiger partial charge in [-0.25, -0.2) is 4.98 Å². The minimum atomic E-state index is -0.0121. The van der Waals surface area contributed by atoms with Crippen LogP contribution in [0.2, 0.25) is 0 Å². The Hall–Kier alpha value is -4.34. The maximum atomic E-state index is 9.71. The van der Waals surface area contributed by atoms with Gasteiger partial charge in [0.2, 0.25) is 0 Å². The average molecular weight is 432 g/mol. The van der Waals surface area contributed by atoms with Gasteiger partial charge in [0, 0.05) is 0 Å². The zero-order chi connectivity index (χ0) is 22.4. The van der Waals surface area contributed by atoms with Crippen molar-refractivity contribution in [3.8, 4) is 35.1 Å². The molecule has 154 valence electrons. The molecule has 0 aliphatic rings. The molecule has 0 unspecified atom stereocenters. The van der Waals surface area contributed by atoms with Crippen molar-refractivity contribution in [2.24, 2.45) is 0 Å². The summed E-state index contributed by atoms with van der Waals surface area (Å²) in [6.07, 6.45) is 3.15. The van der Waals surface area contributed by atoms with Gasteiger partial charge in [0.1, 0.15) is 12.1 Å². The van der Waals surface area contributed by atoms with Gasteiger partial charge in [0.15, 0.2) is 33.8 Å². The molecule has 2 aromatic carbocycles. The highest BCUT2D eigenvalue weighted by molar-refractivity contribution is 7.06. The van der Waals surface area contributed by atoms with E-state index in [9.17, 15) is 20.7 Å². The van der Waals surface area contributed by atoms with Crippen molar-refractivity contribution < 1.29 is 19.7 Å². The summed E-state index contributed by atoms with van der Waals surface area (Å²) in [7, 11) is 2.87. The molecule has 31 heavy (non-hydrogen) atoms. The van der Waals surface area contributed by atoms with Gasteiger partial charge < -0.3 is 19.7 Å². The first-order valence-corrected chi connectivity index (χ1v) is 9.58. The topological polar surface area (TPSA) is 132 Å². The molecule has 1 aromatic heterocycles. The molecule has 3 rings (SSSR count). The zero-order valence-corrected chi connectivity index (χ0v) is 17.3. The monoisotopic (exact) mass is 432 g/mol. The fourth-order valence-corrected chi connectivity index (χ4v) is 3.27. The Morgan fingerprint density at radius 2 is 1.42 bits per heavy atom. The second kappa shape index (κ2) is 9.44. The van der Waals surface area contributed by atoms with Crippen LogP contribution >= 0.6 is 11.5 Å². The quantitative estimate of drug-likeness (QED) is 0.557. The summed E-state index contributed by atoms with van der Waals surface area (Å²) in [4.78, 5) is 4.33. The number of rotatable bonds is 6. The summed E-state index contributed by atoms with van der Waals surface area (Å²) in [5.74, 6) is 0.715. The summed E-state index contributed by atoms with van der Waals surface area (Å²) >= 11 is 0.990. The van der Waals surface area contributed by atoms with E-state index in [1.807, 2.05) is 0 Å². The van der Waals surface area contributed by atoms with Gasteiger partial charge in [-0.15, -0.1) is 0 Å². The van der Waals surface area contributed by atoms with Crippen molar-refractivity contribution in [1.29, 1.82) is 10.5 Å². The summed E-state index contributed by atoms with van der Waals surface area (Å²) in [5, 5.41) is 38.9. The molecule has 0 radical (unpaired) electrons. The van der Waals surface area contributed by atoms with Crippen molar-refractivity contribution in [3.63, 3.8) is 0 Å². The van der Waals surface area contributed by atoms with E-state index in [0.29, 0.717) is 16.1 Å². The van der Waals surface area contributed by atoms with Crippen molar-refractivity contribution in [1.82, 2.24) is 9.36 Å². The number of nitriles is 2. The van der Waals surface area contributed by atoms with Gasteiger partial charge in [0.25, 0.3) is 0 Å². The van der Waals surface area contributed by atoms with E-state index in [2.05, 4.69) is 21.5 Å². The minimum absolute atomic E-state index is 0.00832. The maximum Gasteiger partial charge on any atom is 0.184 e.